The number of rotatable bonds is 0. The molecule has 12 heavy (non-hydrogen) atoms. The van der Waals surface area contributed by atoms with Gasteiger partial charge in [0.25, 0.3) is 0 Å². The van der Waals surface area contributed by atoms with Crippen LogP contribution in [-0.4, -0.2) is 0 Å². The summed E-state index contributed by atoms with van der Waals surface area (Å²) in [7, 11) is 0. The molecule has 9 nitrogen and oxygen atoms in total. The van der Waals surface area contributed by atoms with Gasteiger partial charge in [-0.3, -0.25) is 0 Å². The normalized spacial score (nSPS) is 0. The maximum absolute atomic E-state index is 0. The summed E-state index contributed by atoms with van der Waals surface area (Å²) in [5.74, 6) is 0. The minimum absolute atomic E-state index is 0. The topological polar surface area (TPSA) is 300 Å². The molecule has 90 valence electrons. The Morgan fingerprint density at radius 3 is 0.250 bits per heavy atom. The second-order valence-corrected chi connectivity index (χ2v) is 0. The molecule has 0 aliphatic heterocycles. The van der Waals surface area contributed by atoms with E-state index in [4.69, 9.17) is 0 Å². The second kappa shape index (κ2) is 599. The molecule has 0 fully saturated rings. The summed E-state index contributed by atoms with van der Waals surface area (Å²) in [6, 6.07) is 0. The smallest absolute Gasteiger partial charge is 0.693 e. The van der Waals surface area contributed by atoms with Crippen LogP contribution < -0.4 is 0 Å². The minimum Gasteiger partial charge on any atom is -0.693 e. The first kappa shape index (κ1) is 761. The summed E-state index contributed by atoms with van der Waals surface area (Å²) in [5, 5.41) is 0. The van der Waals surface area contributed by atoms with E-state index in [1.807, 2.05) is 0 Å². The van der Waals surface area contributed by atoms with Crippen LogP contribution in [0.25, 0.3) is 36.9 Å². The molecular weight excluding hydrogens is 717 g/mol. The van der Waals surface area contributed by atoms with Crippen LogP contribution in [-0.2, 0) is 79.6 Å². The number of hydrogen-bond acceptors (Lipinski definition) is 0. The van der Waals surface area contributed by atoms with E-state index in [-0.39, 0.29) is 117 Å². The van der Waals surface area contributed by atoms with Gasteiger partial charge < -0.3 is 53.3 Å². The fourth-order valence-corrected chi connectivity index (χ4v) is 0. The van der Waals surface area contributed by atoms with E-state index in [1.54, 1.807) is 0 Å². The van der Waals surface area contributed by atoms with Crippen molar-refractivity contribution in [3.05, 3.63) is 36.9 Å². The van der Waals surface area contributed by atoms with Crippen molar-refractivity contribution in [2.24, 2.45) is 0 Å². The SMILES string of the molecule is [NH2-].[NH2-].[NH2-].[NH2-].[NH2-].[NH2-].[OH3+].[OH3+].[OH3+].[Pt+4].[Pt+4].[Pt+4]. The van der Waals surface area contributed by atoms with Gasteiger partial charge in [-0.15, -0.1) is 0 Å². The van der Waals surface area contributed by atoms with E-state index in [0.29, 0.717) is 0 Å². The molecule has 0 unspecified atom stereocenters. The van der Waals surface area contributed by atoms with E-state index in [0.717, 1.165) is 0 Å². The van der Waals surface area contributed by atoms with Gasteiger partial charge in [0.2, 0.25) is 0 Å². The van der Waals surface area contributed by atoms with Crippen molar-refractivity contribution in [3.63, 3.8) is 0 Å². The van der Waals surface area contributed by atoms with E-state index < -0.39 is 0 Å². The van der Waals surface area contributed by atoms with E-state index in [9.17, 15) is 0 Å². The van der Waals surface area contributed by atoms with E-state index in [1.165, 1.54) is 0 Å². The molecule has 21 N–H and O–H groups in total. The Kier molecular flexibility index (Phi) is 38000. The van der Waals surface area contributed by atoms with Crippen molar-refractivity contribution in [2.75, 3.05) is 0 Å². The Bertz CT molecular complexity index is 18.0. The van der Waals surface area contributed by atoms with Crippen molar-refractivity contribution >= 4 is 0 Å². The Morgan fingerprint density at radius 1 is 0.250 bits per heavy atom. The molecule has 0 saturated heterocycles. The molecule has 0 saturated carbocycles. The zero-order chi connectivity index (χ0) is 0. The van der Waals surface area contributed by atoms with Gasteiger partial charge in [0.05, 0.1) is 0 Å². The third kappa shape index (κ3) is 461. The molecule has 0 rings (SSSR count). The molecule has 0 radical (unpaired) electrons. The van der Waals surface area contributed by atoms with Crippen LogP contribution >= 0.6 is 0 Å². The van der Waals surface area contributed by atoms with Crippen molar-refractivity contribution in [1.29, 1.82) is 0 Å². The first-order valence-corrected chi connectivity index (χ1v) is 0. The zero-order valence-electron chi connectivity index (χ0n) is 6.14. The Labute approximate surface area is 116 Å². The van der Waals surface area contributed by atoms with Gasteiger partial charge in [0.1, 0.15) is 0 Å². The van der Waals surface area contributed by atoms with Crippen molar-refractivity contribution < 1.29 is 79.6 Å². The minimum atomic E-state index is 0. The third-order valence-electron chi connectivity index (χ3n) is 0. The van der Waals surface area contributed by atoms with Crippen LogP contribution in [0.15, 0.2) is 0 Å². The average Bonchev–Trinajstić information content (AvgIpc) is 0. The fourth-order valence-electron chi connectivity index (χ4n) is 0. The summed E-state index contributed by atoms with van der Waals surface area (Å²) in [5.41, 5.74) is 0. The molecule has 0 bridgehead atoms. The molecule has 12 heteroatoms. The molecule has 0 atom stereocenters. The average molecular weight is 738 g/mol. The second-order valence-electron chi connectivity index (χ2n) is 0. The maximum Gasteiger partial charge on any atom is 4.00 e. The predicted octanol–water partition coefficient (Wildman–Crippen LogP) is 1.53. The molecule has 0 amide bonds. The monoisotopic (exact) mass is 738 g/mol. The van der Waals surface area contributed by atoms with Crippen LogP contribution in [0.1, 0.15) is 0 Å². The largest absolute Gasteiger partial charge is 4.00 e. The van der Waals surface area contributed by atoms with Crippen LogP contribution in [0.3, 0.4) is 0 Å². The molecule has 0 aromatic heterocycles. The maximum atomic E-state index is 0. The van der Waals surface area contributed by atoms with Gasteiger partial charge in [-0.05, 0) is 0 Å². The van der Waals surface area contributed by atoms with Gasteiger partial charge in [0.15, 0.2) is 0 Å². The summed E-state index contributed by atoms with van der Waals surface area (Å²) < 4.78 is 0. The molecule has 0 aromatic rings. The summed E-state index contributed by atoms with van der Waals surface area (Å²) >= 11 is 0. The number of hydrogen-bond donors (Lipinski definition) is 0. The Morgan fingerprint density at radius 2 is 0.250 bits per heavy atom. The third-order valence-corrected chi connectivity index (χ3v) is 0. The molecule has 0 aromatic carbocycles. The fraction of sp³-hybridized carbons (Fsp3) is 0. The predicted molar refractivity (Wildman–Crippen MR) is 46.3 cm³/mol. The molecule has 0 aliphatic rings. The quantitative estimate of drug-likeness (QED) is 0.320. The van der Waals surface area contributed by atoms with Crippen molar-refractivity contribution in [1.82, 2.24) is 0 Å². The van der Waals surface area contributed by atoms with Gasteiger partial charge in [-0.2, -0.15) is 0 Å². The van der Waals surface area contributed by atoms with E-state index >= 15 is 0 Å². The summed E-state index contributed by atoms with van der Waals surface area (Å²) in [4.78, 5) is 0. The zero-order valence-corrected chi connectivity index (χ0v) is 13.0. The van der Waals surface area contributed by atoms with Gasteiger partial charge in [-0.1, -0.05) is 0 Å². The van der Waals surface area contributed by atoms with Crippen LogP contribution in [0.5, 0.6) is 0 Å². The van der Waals surface area contributed by atoms with Gasteiger partial charge >= 0.3 is 63.2 Å². The van der Waals surface area contributed by atoms with Crippen LogP contribution in [0.4, 0.5) is 0 Å². The molecular formula is H21N6O3Pt3+9. The summed E-state index contributed by atoms with van der Waals surface area (Å²) in [6.07, 6.45) is 0. The Hall–Kier alpha value is 1.70. The standard InChI is InChI=1S/6H2N.3H2O.3Pt/h9*1H2;;;/q6*-1;;;;3*+4/p+3. The molecule has 0 aliphatic carbocycles. The van der Waals surface area contributed by atoms with Crippen LogP contribution in [0, 0.1) is 0 Å². The van der Waals surface area contributed by atoms with Gasteiger partial charge in [0, 0.05) is 0 Å². The summed E-state index contributed by atoms with van der Waals surface area (Å²) in [6.45, 7) is 0. The molecule has 0 heterocycles. The molecule has 0 spiro atoms. The van der Waals surface area contributed by atoms with Crippen LogP contribution in [0.2, 0.25) is 0 Å². The van der Waals surface area contributed by atoms with Crippen molar-refractivity contribution in [3.8, 4) is 0 Å². The van der Waals surface area contributed by atoms with Crippen molar-refractivity contribution in [2.45, 2.75) is 0 Å². The number of nitrogens with two attached hydrogens (primary N) is 6. The first-order valence-electron chi connectivity index (χ1n) is 0. The van der Waals surface area contributed by atoms with E-state index in [2.05, 4.69) is 0 Å². The Balaban J connectivity index is 0. The van der Waals surface area contributed by atoms with Gasteiger partial charge in [-0.25, -0.2) is 0 Å². The first-order chi connectivity index (χ1) is 0.